The van der Waals surface area contributed by atoms with Gasteiger partial charge in [-0.05, 0) is 41.5 Å². The Morgan fingerprint density at radius 2 is 2.19 bits per heavy atom. The van der Waals surface area contributed by atoms with Crippen molar-refractivity contribution < 1.29 is 23.2 Å². The van der Waals surface area contributed by atoms with E-state index in [0.29, 0.717) is 22.9 Å². The highest BCUT2D eigenvalue weighted by Gasteiger charge is 2.25. The zero-order valence-corrected chi connectivity index (χ0v) is 18.1. The maximum Gasteiger partial charge on any atom is 0.309 e. The van der Waals surface area contributed by atoms with Crippen LogP contribution in [-0.2, 0) is 13.7 Å². The van der Waals surface area contributed by atoms with Crippen LogP contribution in [0.4, 0.5) is 4.39 Å². The molecular weight excluding hydrogens is 441 g/mol. The van der Waals surface area contributed by atoms with Crippen LogP contribution in [0.25, 0.3) is 28.1 Å². The lowest BCUT2D eigenvalue weighted by Gasteiger charge is -2.23. The first-order valence-electron chi connectivity index (χ1n) is 9.59. The van der Waals surface area contributed by atoms with Gasteiger partial charge in [0.2, 0.25) is 0 Å². The fourth-order valence-corrected chi connectivity index (χ4v) is 4.25. The second-order valence-corrected chi connectivity index (χ2v) is 8.51. The van der Waals surface area contributed by atoms with Crippen molar-refractivity contribution in [2.45, 2.75) is 29.9 Å². The fraction of sp³-hybridized carbons (Fsp3) is 0.217. The maximum atomic E-state index is 14.4. The van der Waals surface area contributed by atoms with E-state index < -0.39 is 24.0 Å². The minimum Gasteiger partial charge on any atom is -0.458 e. The zero-order chi connectivity index (χ0) is 22.0. The van der Waals surface area contributed by atoms with Crippen LogP contribution in [0.2, 0.25) is 5.02 Å². The van der Waals surface area contributed by atoms with Crippen LogP contribution in [0.15, 0.2) is 53.6 Å². The van der Waals surface area contributed by atoms with Gasteiger partial charge in [0.1, 0.15) is 11.9 Å². The Morgan fingerprint density at radius 3 is 2.97 bits per heavy atom. The molecule has 1 fully saturated rings. The first kappa shape index (κ1) is 21.8. The Morgan fingerprint density at radius 1 is 1.35 bits per heavy atom. The Kier molecular flexibility index (Phi) is 6.57. The van der Waals surface area contributed by atoms with E-state index in [0.717, 1.165) is 16.0 Å². The summed E-state index contributed by atoms with van der Waals surface area (Å²) in [5, 5.41) is 10.4. The van der Waals surface area contributed by atoms with E-state index in [1.807, 2.05) is 24.3 Å². The van der Waals surface area contributed by atoms with E-state index >= 15 is 0 Å². The third-order valence-corrected chi connectivity index (χ3v) is 5.82. The lowest BCUT2D eigenvalue weighted by atomic mass is 9.95. The van der Waals surface area contributed by atoms with Crippen LogP contribution in [0, 0.1) is 5.82 Å². The summed E-state index contributed by atoms with van der Waals surface area (Å²) in [6, 6.07) is 10.5. The summed E-state index contributed by atoms with van der Waals surface area (Å²) in [4.78, 5) is 16.9. The maximum absolute atomic E-state index is 14.4. The molecule has 0 spiro atoms. The number of ether oxygens (including phenoxy) is 1. The molecule has 0 bridgehead atoms. The zero-order valence-electron chi connectivity index (χ0n) is 16.5. The molecule has 0 unspecified atom stereocenters. The van der Waals surface area contributed by atoms with Crippen LogP contribution in [0.5, 0.6) is 0 Å². The molecule has 0 radical (unpaired) electrons. The first-order valence-corrected chi connectivity index (χ1v) is 10.7. The number of aromatic nitrogens is 1. The number of hydrogen-bond donors (Lipinski definition) is 1. The predicted octanol–water partition coefficient (Wildman–Crippen LogP) is 5.43. The molecule has 0 saturated carbocycles. The molecule has 5 nitrogen and oxygen atoms in total. The van der Waals surface area contributed by atoms with Crippen molar-refractivity contribution in [3.05, 3.63) is 65.1 Å². The highest BCUT2D eigenvalue weighted by atomic mass is 35.5. The molecule has 3 aromatic rings. The van der Waals surface area contributed by atoms with E-state index in [4.69, 9.17) is 20.5 Å². The molecule has 2 aromatic carbocycles. The Hall–Kier alpha value is -2.45. The Balaban J connectivity index is 1.84. The monoisotopic (exact) mass is 459 g/mol. The minimum atomic E-state index is -0.732. The molecule has 2 heterocycles. The third kappa shape index (κ3) is 4.91. The van der Waals surface area contributed by atoms with Crippen LogP contribution in [0.1, 0.15) is 18.4 Å². The summed E-state index contributed by atoms with van der Waals surface area (Å²) in [6.07, 6.45) is 4.20. The number of halogens is 2. The number of nitrogens with zero attached hydrogens (tertiary/aromatic N) is 1. The van der Waals surface area contributed by atoms with Crippen molar-refractivity contribution in [3.63, 3.8) is 0 Å². The van der Waals surface area contributed by atoms with E-state index in [2.05, 4.69) is 4.98 Å². The van der Waals surface area contributed by atoms with Crippen LogP contribution in [-0.4, -0.2) is 35.4 Å². The van der Waals surface area contributed by atoms with Gasteiger partial charge in [-0.2, -0.15) is 0 Å². The number of hydrogen-bond acceptors (Lipinski definition) is 6. The number of rotatable bonds is 5. The summed E-state index contributed by atoms with van der Waals surface area (Å²) in [7, 11) is 1.59. The number of carbonyl (C=O) groups excluding carboxylic acids is 1. The number of cyclic esters (lactones) is 1. The van der Waals surface area contributed by atoms with Crippen molar-refractivity contribution in [2.24, 2.45) is 0 Å². The van der Waals surface area contributed by atoms with E-state index in [1.165, 1.54) is 24.2 Å². The van der Waals surface area contributed by atoms with Crippen LogP contribution >= 0.6 is 23.6 Å². The van der Waals surface area contributed by atoms with Crippen molar-refractivity contribution in [1.82, 2.24) is 4.98 Å². The number of aliphatic hydroxyl groups is 1. The van der Waals surface area contributed by atoms with E-state index in [-0.39, 0.29) is 11.4 Å². The largest absolute Gasteiger partial charge is 0.458 e. The van der Waals surface area contributed by atoms with Gasteiger partial charge < -0.3 is 14.0 Å². The van der Waals surface area contributed by atoms with E-state index in [1.54, 1.807) is 25.5 Å². The van der Waals surface area contributed by atoms with Crippen molar-refractivity contribution in [3.8, 4) is 11.1 Å². The lowest BCUT2D eigenvalue weighted by molar-refractivity contribution is -0.156. The molecule has 1 saturated heterocycles. The SMILES string of the molecule is COSc1cccc(-c2c(/C=C/[C@@H]3C[C@@H](O)CC(=O)O3)cnc3cc(Cl)c(F)cc23)c1. The smallest absolute Gasteiger partial charge is 0.309 e. The van der Waals surface area contributed by atoms with Crippen molar-refractivity contribution in [2.75, 3.05) is 7.11 Å². The lowest BCUT2D eigenvalue weighted by Crippen LogP contribution is -2.31. The average molecular weight is 460 g/mol. The highest BCUT2D eigenvalue weighted by molar-refractivity contribution is 7.94. The van der Waals surface area contributed by atoms with E-state index in [9.17, 15) is 14.3 Å². The third-order valence-electron chi connectivity index (χ3n) is 4.92. The van der Waals surface area contributed by atoms with Crippen LogP contribution in [0.3, 0.4) is 0 Å². The minimum absolute atomic E-state index is 0.000960. The Bertz CT molecular complexity index is 1170. The average Bonchev–Trinajstić information content (AvgIpc) is 2.72. The number of pyridine rings is 1. The molecule has 1 aromatic heterocycles. The van der Waals surface area contributed by atoms with Crippen molar-refractivity contribution >= 4 is 46.6 Å². The van der Waals surface area contributed by atoms with Gasteiger partial charge >= 0.3 is 5.97 Å². The first-order chi connectivity index (χ1) is 14.9. The van der Waals surface area contributed by atoms with Gasteiger partial charge in [-0.3, -0.25) is 9.78 Å². The standard InChI is InChI=1S/C23H19ClFNO4S/c1-29-31-17-4-2-3-13(7-17)23-14(5-6-16-8-15(27)9-22(28)30-16)12-26-21-11-19(24)20(25)10-18(21)23/h2-7,10-12,15-16,27H,8-9H2,1H3/b6-5+/t15-,16-/m1/s1. The summed E-state index contributed by atoms with van der Waals surface area (Å²) in [5.41, 5.74) is 2.88. The molecule has 1 aliphatic heterocycles. The van der Waals surface area contributed by atoms with Gasteiger partial charge in [0.15, 0.2) is 0 Å². The summed E-state index contributed by atoms with van der Waals surface area (Å²) >= 11 is 7.18. The Labute approximate surface area is 188 Å². The molecule has 8 heteroatoms. The molecule has 1 aliphatic rings. The quantitative estimate of drug-likeness (QED) is 0.405. The fourth-order valence-electron chi connectivity index (χ4n) is 3.59. The van der Waals surface area contributed by atoms with Gasteiger partial charge in [0.25, 0.3) is 0 Å². The number of fused-ring (bicyclic) bond motifs is 1. The molecule has 0 amide bonds. The summed E-state index contributed by atoms with van der Waals surface area (Å²) < 4.78 is 24.8. The second-order valence-electron chi connectivity index (χ2n) is 7.13. The molecule has 160 valence electrons. The topological polar surface area (TPSA) is 68.7 Å². The van der Waals surface area contributed by atoms with Gasteiger partial charge in [-0.15, -0.1) is 0 Å². The molecule has 31 heavy (non-hydrogen) atoms. The van der Waals surface area contributed by atoms with Gasteiger partial charge in [0, 0.05) is 40.5 Å². The number of esters is 1. The predicted molar refractivity (Wildman–Crippen MR) is 119 cm³/mol. The second kappa shape index (κ2) is 9.36. The van der Waals surface area contributed by atoms with Crippen molar-refractivity contribution in [1.29, 1.82) is 0 Å². The van der Waals surface area contributed by atoms with Gasteiger partial charge in [0.05, 0.1) is 30.2 Å². The normalized spacial score (nSPS) is 19.2. The van der Waals surface area contributed by atoms with Gasteiger partial charge in [-0.25, -0.2) is 4.39 Å². The highest BCUT2D eigenvalue weighted by Crippen LogP contribution is 2.36. The molecule has 1 N–H and O–H groups in total. The number of aliphatic hydroxyl groups excluding tert-OH is 1. The van der Waals surface area contributed by atoms with Crippen LogP contribution < -0.4 is 0 Å². The summed E-state index contributed by atoms with van der Waals surface area (Å²) in [5.74, 6) is -0.976. The molecule has 2 atom stereocenters. The molecule has 4 rings (SSSR count). The summed E-state index contributed by atoms with van der Waals surface area (Å²) in [6.45, 7) is 0. The molecular formula is C23H19ClFNO4S. The van der Waals surface area contributed by atoms with Gasteiger partial charge in [-0.1, -0.05) is 29.8 Å². The number of benzene rings is 2. The number of carbonyl (C=O) groups is 1. The molecule has 0 aliphatic carbocycles.